The molecule has 0 spiro atoms. The summed E-state index contributed by atoms with van der Waals surface area (Å²) < 4.78 is 52.7. The Bertz CT molecular complexity index is 567. The van der Waals surface area contributed by atoms with Crippen LogP contribution in [0.1, 0.15) is 12.5 Å². The second-order valence-electron chi connectivity index (χ2n) is 3.92. The van der Waals surface area contributed by atoms with Crippen LogP contribution in [0.4, 0.5) is 17.6 Å². The molecule has 0 bridgehead atoms. The van der Waals surface area contributed by atoms with E-state index < -0.39 is 23.3 Å². The molecule has 0 N–H and O–H groups in total. The third-order valence-electron chi connectivity index (χ3n) is 2.74. The smallest absolute Gasteiger partial charge is 0.194 e. The lowest BCUT2D eigenvalue weighted by Crippen LogP contribution is -1.94. The molecule has 18 heavy (non-hydrogen) atoms. The highest BCUT2D eigenvalue weighted by Crippen LogP contribution is 2.26. The van der Waals surface area contributed by atoms with Crippen molar-refractivity contribution in [2.75, 3.05) is 0 Å². The van der Waals surface area contributed by atoms with Crippen molar-refractivity contribution in [3.63, 3.8) is 0 Å². The van der Waals surface area contributed by atoms with E-state index in [9.17, 15) is 17.6 Å². The van der Waals surface area contributed by atoms with Crippen LogP contribution in [0, 0.1) is 23.3 Å². The molecule has 0 atom stereocenters. The molecule has 0 aromatic heterocycles. The highest BCUT2D eigenvalue weighted by atomic mass is 19.2. The Balaban J connectivity index is 2.55. The Hall–Kier alpha value is -1.84. The van der Waals surface area contributed by atoms with Gasteiger partial charge in [0.15, 0.2) is 17.5 Å². The van der Waals surface area contributed by atoms with Crippen molar-refractivity contribution in [3.05, 3.63) is 59.2 Å². The summed E-state index contributed by atoms with van der Waals surface area (Å²) in [5.41, 5.74) is 0.802. The van der Waals surface area contributed by atoms with E-state index in [1.807, 2.05) is 6.92 Å². The molecule has 0 nitrogen and oxygen atoms in total. The molecule has 0 fully saturated rings. The summed E-state index contributed by atoms with van der Waals surface area (Å²) in [7, 11) is 0. The molecule has 94 valence electrons. The van der Waals surface area contributed by atoms with Crippen molar-refractivity contribution in [1.82, 2.24) is 0 Å². The highest BCUT2D eigenvalue weighted by Gasteiger charge is 2.13. The van der Waals surface area contributed by atoms with Crippen molar-refractivity contribution in [3.8, 4) is 11.1 Å². The van der Waals surface area contributed by atoms with Gasteiger partial charge in [-0.25, -0.2) is 17.6 Å². The van der Waals surface area contributed by atoms with E-state index >= 15 is 0 Å². The maximum Gasteiger partial charge on any atom is 0.194 e. The first-order valence-corrected chi connectivity index (χ1v) is 5.46. The molecule has 0 heterocycles. The van der Waals surface area contributed by atoms with Gasteiger partial charge in [0.2, 0.25) is 0 Å². The molecular formula is C14H10F4. The summed E-state index contributed by atoms with van der Waals surface area (Å²) in [4.78, 5) is 0. The minimum atomic E-state index is -1.55. The Morgan fingerprint density at radius 1 is 0.833 bits per heavy atom. The minimum Gasteiger partial charge on any atom is -0.206 e. The molecule has 0 amide bonds. The van der Waals surface area contributed by atoms with Gasteiger partial charge >= 0.3 is 0 Å². The number of benzene rings is 2. The topological polar surface area (TPSA) is 0 Å². The van der Waals surface area contributed by atoms with Gasteiger partial charge in [-0.15, -0.1) is 0 Å². The summed E-state index contributed by atoms with van der Waals surface area (Å²) in [6, 6.07) is 5.96. The van der Waals surface area contributed by atoms with Gasteiger partial charge in [0.25, 0.3) is 0 Å². The average molecular weight is 254 g/mol. The fourth-order valence-electron chi connectivity index (χ4n) is 1.72. The summed E-state index contributed by atoms with van der Waals surface area (Å²) >= 11 is 0. The van der Waals surface area contributed by atoms with E-state index in [-0.39, 0.29) is 11.1 Å². The third-order valence-corrected chi connectivity index (χ3v) is 2.74. The van der Waals surface area contributed by atoms with Gasteiger partial charge in [-0.3, -0.25) is 0 Å². The van der Waals surface area contributed by atoms with Crippen LogP contribution in [0.2, 0.25) is 0 Å². The fraction of sp³-hybridized carbons (Fsp3) is 0.143. The summed E-state index contributed by atoms with van der Waals surface area (Å²) in [6.07, 6.45) is 0.656. The summed E-state index contributed by atoms with van der Waals surface area (Å²) in [5.74, 6) is -4.79. The van der Waals surface area contributed by atoms with E-state index in [0.717, 1.165) is 17.7 Å². The lowest BCUT2D eigenvalue weighted by molar-refractivity contribution is 0.447. The Morgan fingerprint density at radius 2 is 1.44 bits per heavy atom. The van der Waals surface area contributed by atoms with Crippen LogP contribution in [0.5, 0.6) is 0 Å². The minimum absolute atomic E-state index is 0.0217. The first-order valence-electron chi connectivity index (χ1n) is 5.46. The van der Waals surface area contributed by atoms with Crippen LogP contribution in [-0.2, 0) is 6.42 Å². The molecule has 0 unspecified atom stereocenters. The van der Waals surface area contributed by atoms with Crippen LogP contribution >= 0.6 is 0 Å². The Kier molecular flexibility index (Phi) is 3.36. The van der Waals surface area contributed by atoms with Gasteiger partial charge in [-0.2, -0.15) is 0 Å². The average Bonchev–Trinajstić information content (AvgIpc) is 2.35. The Labute approximate surface area is 102 Å². The summed E-state index contributed by atoms with van der Waals surface area (Å²) in [5, 5.41) is 0. The monoisotopic (exact) mass is 254 g/mol. The van der Waals surface area contributed by atoms with Crippen LogP contribution in [0.15, 0.2) is 30.3 Å². The SMILES string of the molecule is CCc1ccc(-c2cc(F)c(F)c(F)c2)c(F)c1. The molecule has 2 aromatic carbocycles. The van der Waals surface area contributed by atoms with Crippen LogP contribution < -0.4 is 0 Å². The second-order valence-corrected chi connectivity index (χ2v) is 3.92. The molecular weight excluding hydrogens is 244 g/mol. The lowest BCUT2D eigenvalue weighted by atomic mass is 10.0. The van der Waals surface area contributed by atoms with Crippen molar-refractivity contribution < 1.29 is 17.6 Å². The molecule has 0 aliphatic carbocycles. The molecule has 0 saturated heterocycles. The summed E-state index contributed by atoms with van der Waals surface area (Å²) in [6.45, 7) is 1.87. The van der Waals surface area contributed by atoms with Gasteiger partial charge in [0.1, 0.15) is 5.82 Å². The van der Waals surface area contributed by atoms with Gasteiger partial charge in [-0.1, -0.05) is 19.1 Å². The molecule has 4 heteroatoms. The predicted octanol–water partition coefficient (Wildman–Crippen LogP) is 4.47. The first kappa shape index (κ1) is 12.6. The van der Waals surface area contributed by atoms with Gasteiger partial charge in [0.05, 0.1) is 0 Å². The normalized spacial score (nSPS) is 10.7. The standard InChI is InChI=1S/C14H10F4/c1-2-8-3-4-10(11(15)5-8)9-6-12(16)14(18)13(17)7-9/h3-7H,2H2,1H3. The van der Waals surface area contributed by atoms with Crippen LogP contribution in [0.25, 0.3) is 11.1 Å². The van der Waals surface area contributed by atoms with E-state index in [0.29, 0.717) is 6.42 Å². The number of rotatable bonds is 2. The van der Waals surface area contributed by atoms with E-state index in [1.165, 1.54) is 12.1 Å². The van der Waals surface area contributed by atoms with Crippen molar-refractivity contribution >= 4 is 0 Å². The number of hydrogen-bond donors (Lipinski definition) is 0. The number of hydrogen-bond acceptors (Lipinski definition) is 0. The molecule has 2 rings (SSSR count). The zero-order valence-corrected chi connectivity index (χ0v) is 9.61. The van der Waals surface area contributed by atoms with Gasteiger partial charge < -0.3 is 0 Å². The molecule has 0 aliphatic heterocycles. The maximum absolute atomic E-state index is 13.7. The zero-order chi connectivity index (χ0) is 13.3. The zero-order valence-electron chi connectivity index (χ0n) is 9.61. The highest BCUT2D eigenvalue weighted by molar-refractivity contribution is 5.64. The Morgan fingerprint density at radius 3 is 1.94 bits per heavy atom. The molecule has 2 aromatic rings. The fourth-order valence-corrected chi connectivity index (χ4v) is 1.72. The van der Waals surface area contributed by atoms with Gasteiger partial charge in [0, 0.05) is 5.56 Å². The van der Waals surface area contributed by atoms with Crippen LogP contribution in [0.3, 0.4) is 0 Å². The van der Waals surface area contributed by atoms with Crippen molar-refractivity contribution in [2.24, 2.45) is 0 Å². The predicted molar refractivity (Wildman–Crippen MR) is 61.1 cm³/mol. The second kappa shape index (κ2) is 4.80. The quantitative estimate of drug-likeness (QED) is 0.547. The number of halogens is 4. The van der Waals surface area contributed by atoms with Crippen LogP contribution in [-0.4, -0.2) is 0 Å². The van der Waals surface area contributed by atoms with E-state index in [2.05, 4.69) is 0 Å². The molecule has 0 aliphatic rings. The lowest BCUT2D eigenvalue weighted by Gasteiger charge is -2.06. The van der Waals surface area contributed by atoms with E-state index in [1.54, 1.807) is 6.07 Å². The third kappa shape index (κ3) is 2.23. The first-order chi connectivity index (χ1) is 8.52. The molecule has 0 saturated carbocycles. The van der Waals surface area contributed by atoms with Crippen molar-refractivity contribution in [2.45, 2.75) is 13.3 Å². The number of aryl methyl sites for hydroxylation is 1. The van der Waals surface area contributed by atoms with Gasteiger partial charge in [-0.05, 0) is 35.7 Å². The largest absolute Gasteiger partial charge is 0.206 e. The van der Waals surface area contributed by atoms with Crippen molar-refractivity contribution in [1.29, 1.82) is 0 Å². The molecule has 0 radical (unpaired) electrons. The van der Waals surface area contributed by atoms with E-state index in [4.69, 9.17) is 0 Å². The maximum atomic E-state index is 13.7.